The van der Waals surface area contributed by atoms with E-state index in [1.807, 2.05) is 0 Å². The van der Waals surface area contributed by atoms with Gasteiger partial charge < -0.3 is 0 Å². The molecule has 2 aliphatic carbocycles. The normalized spacial score (nSPS) is 18.5. The molecule has 2 atom stereocenters. The van der Waals surface area contributed by atoms with E-state index in [0.29, 0.717) is 11.8 Å². The van der Waals surface area contributed by atoms with Gasteiger partial charge in [0.25, 0.3) is 0 Å². The van der Waals surface area contributed by atoms with Gasteiger partial charge in [0.05, 0.1) is 0 Å². The first-order valence-electron chi connectivity index (χ1n) is 12.8. The predicted octanol–water partition coefficient (Wildman–Crippen LogP) is 7.61. The quantitative estimate of drug-likeness (QED) is 0.261. The van der Waals surface area contributed by atoms with Crippen LogP contribution in [0.15, 0.2) is 97.1 Å². The molecule has 35 heavy (non-hydrogen) atoms. The summed E-state index contributed by atoms with van der Waals surface area (Å²) in [5.41, 5.74) is 7.18. The summed E-state index contributed by atoms with van der Waals surface area (Å²) < 4.78 is 0. The van der Waals surface area contributed by atoms with Crippen LogP contribution in [-0.4, -0.2) is 0 Å². The third-order valence-corrected chi connectivity index (χ3v) is 7.90. The summed E-state index contributed by atoms with van der Waals surface area (Å²) in [6.07, 6.45) is 11.9. The molecule has 0 radical (unpaired) electrons. The lowest BCUT2D eigenvalue weighted by Gasteiger charge is -2.29. The van der Waals surface area contributed by atoms with E-state index in [4.69, 9.17) is 0 Å². The zero-order valence-corrected chi connectivity index (χ0v) is 20.0. The average Bonchev–Trinajstić information content (AvgIpc) is 2.91. The van der Waals surface area contributed by atoms with E-state index in [1.165, 1.54) is 59.8 Å². The van der Waals surface area contributed by atoms with Crippen LogP contribution in [0.5, 0.6) is 0 Å². The molecular formula is C35H28. The minimum Gasteiger partial charge on any atom is -0.0807 e. The third-order valence-electron chi connectivity index (χ3n) is 7.90. The second kappa shape index (κ2) is 8.10. The smallest absolute Gasteiger partial charge is 0.00711 e. The van der Waals surface area contributed by atoms with Gasteiger partial charge in [0.1, 0.15) is 0 Å². The molecule has 0 heterocycles. The molecule has 0 fully saturated rings. The fourth-order valence-corrected chi connectivity index (χ4v) is 6.26. The summed E-state index contributed by atoms with van der Waals surface area (Å²) >= 11 is 0. The number of benzene rings is 5. The Kier molecular flexibility index (Phi) is 4.74. The van der Waals surface area contributed by atoms with Gasteiger partial charge >= 0.3 is 0 Å². The second-order valence-electron chi connectivity index (χ2n) is 10.2. The van der Waals surface area contributed by atoms with Gasteiger partial charge in [-0.2, -0.15) is 0 Å². The lowest BCUT2D eigenvalue weighted by molar-refractivity contribution is 0.707. The van der Waals surface area contributed by atoms with E-state index in [2.05, 4.69) is 122 Å². The topological polar surface area (TPSA) is 0 Å². The Balaban J connectivity index is 1.55. The summed E-state index contributed by atoms with van der Waals surface area (Å²) in [6.45, 7) is 2.35. The van der Waals surface area contributed by atoms with Crippen LogP contribution < -0.4 is 10.4 Å². The molecule has 0 spiro atoms. The highest BCUT2D eigenvalue weighted by atomic mass is 14.3. The Morgan fingerprint density at radius 2 is 1.46 bits per heavy atom. The molecule has 168 valence electrons. The molecule has 0 aliphatic heterocycles. The lowest BCUT2D eigenvalue weighted by Crippen LogP contribution is -2.28. The molecule has 0 heteroatoms. The summed E-state index contributed by atoms with van der Waals surface area (Å²) in [5, 5.41) is 8.09. The van der Waals surface area contributed by atoms with E-state index < -0.39 is 0 Å². The van der Waals surface area contributed by atoms with Crippen molar-refractivity contribution in [3.63, 3.8) is 0 Å². The van der Waals surface area contributed by atoms with Gasteiger partial charge in [0.2, 0.25) is 0 Å². The van der Waals surface area contributed by atoms with Crippen LogP contribution in [0.2, 0.25) is 0 Å². The Labute approximate surface area is 206 Å². The summed E-state index contributed by atoms with van der Waals surface area (Å²) in [5.74, 6) is 0.944. The van der Waals surface area contributed by atoms with Crippen LogP contribution in [-0.2, 0) is 6.42 Å². The fraction of sp³-hybridized carbons (Fsp3) is 0.143. The van der Waals surface area contributed by atoms with Crippen molar-refractivity contribution in [3.8, 4) is 11.1 Å². The number of hydrogen-bond donors (Lipinski definition) is 0. The predicted molar refractivity (Wildman–Crippen MR) is 151 cm³/mol. The highest BCUT2D eigenvalue weighted by Crippen LogP contribution is 2.45. The van der Waals surface area contributed by atoms with Gasteiger partial charge in [-0.15, -0.1) is 0 Å². The molecule has 5 aromatic carbocycles. The van der Waals surface area contributed by atoms with Crippen LogP contribution in [0.4, 0.5) is 0 Å². The average molecular weight is 449 g/mol. The van der Waals surface area contributed by atoms with Crippen molar-refractivity contribution in [1.82, 2.24) is 0 Å². The molecule has 0 saturated carbocycles. The van der Waals surface area contributed by atoms with Crippen LogP contribution >= 0.6 is 0 Å². The molecule has 2 unspecified atom stereocenters. The standard InChI is InChI=1S/C35H28/c1-23-14-19-32-33(20-23)35(29-18-16-25-9-3-5-11-27(25)22-29)31-13-7-6-12-30(31)34(32)28-17-15-24-8-2-4-10-26(24)21-28/h2-17,19,21-23,29H,18,20H2,1H3. The number of allylic oxidation sites excluding steroid dienone is 1. The van der Waals surface area contributed by atoms with Gasteiger partial charge in [-0.05, 0) is 84.6 Å². The first-order chi connectivity index (χ1) is 17.3. The maximum atomic E-state index is 2.51. The maximum absolute atomic E-state index is 2.51. The summed E-state index contributed by atoms with van der Waals surface area (Å²) in [6, 6.07) is 33.5. The maximum Gasteiger partial charge on any atom is 0.00711 e. The Morgan fingerprint density at radius 3 is 2.34 bits per heavy atom. The highest BCUT2D eigenvalue weighted by Gasteiger charge is 2.26. The summed E-state index contributed by atoms with van der Waals surface area (Å²) in [4.78, 5) is 0. The first-order valence-corrected chi connectivity index (χ1v) is 12.8. The zero-order chi connectivity index (χ0) is 23.4. The first kappa shape index (κ1) is 20.5. The minimum absolute atomic E-state index is 0.396. The van der Waals surface area contributed by atoms with Crippen molar-refractivity contribution in [2.75, 3.05) is 0 Å². The molecule has 0 saturated heterocycles. The SMILES string of the molecule is CC1C=Cc2c(c(C3C=c4ccccc4=CC3)c3ccccc3c2-c2ccc3ccccc3c2)C1. The van der Waals surface area contributed by atoms with Crippen LogP contribution in [0.3, 0.4) is 0 Å². The molecule has 0 amide bonds. The molecule has 0 N–H and O–H groups in total. The van der Waals surface area contributed by atoms with Crippen molar-refractivity contribution in [2.45, 2.75) is 25.7 Å². The van der Waals surface area contributed by atoms with E-state index in [-0.39, 0.29) is 0 Å². The van der Waals surface area contributed by atoms with Gasteiger partial charge in [-0.1, -0.05) is 116 Å². The molecule has 0 aromatic heterocycles. The van der Waals surface area contributed by atoms with E-state index in [9.17, 15) is 0 Å². The van der Waals surface area contributed by atoms with Crippen molar-refractivity contribution in [3.05, 3.63) is 124 Å². The third kappa shape index (κ3) is 3.36. The van der Waals surface area contributed by atoms with Gasteiger partial charge in [-0.25, -0.2) is 0 Å². The molecule has 0 nitrogen and oxygen atoms in total. The van der Waals surface area contributed by atoms with Crippen LogP contribution in [0.25, 0.3) is 50.9 Å². The van der Waals surface area contributed by atoms with Crippen molar-refractivity contribution >= 4 is 39.8 Å². The van der Waals surface area contributed by atoms with Crippen LogP contribution in [0.1, 0.15) is 36.0 Å². The van der Waals surface area contributed by atoms with Gasteiger partial charge in [-0.3, -0.25) is 0 Å². The van der Waals surface area contributed by atoms with Crippen molar-refractivity contribution in [1.29, 1.82) is 0 Å². The number of hydrogen-bond acceptors (Lipinski definition) is 0. The van der Waals surface area contributed by atoms with E-state index >= 15 is 0 Å². The molecule has 7 rings (SSSR count). The van der Waals surface area contributed by atoms with E-state index in [0.717, 1.165) is 12.8 Å². The van der Waals surface area contributed by atoms with Crippen molar-refractivity contribution in [2.24, 2.45) is 5.92 Å². The molecule has 0 bridgehead atoms. The molecular weight excluding hydrogens is 420 g/mol. The van der Waals surface area contributed by atoms with E-state index in [1.54, 1.807) is 0 Å². The Bertz CT molecular complexity index is 1770. The highest BCUT2D eigenvalue weighted by molar-refractivity contribution is 6.06. The lowest BCUT2D eigenvalue weighted by atomic mass is 9.75. The molecule has 5 aromatic rings. The minimum atomic E-state index is 0.396. The fourth-order valence-electron chi connectivity index (χ4n) is 6.26. The summed E-state index contributed by atoms with van der Waals surface area (Å²) in [7, 11) is 0. The van der Waals surface area contributed by atoms with Crippen molar-refractivity contribution < 1.29 is 0 Å². The van der Waals surface area contributed by atoms with Gasteiger partial charge in [0.15, 0.2) is 0 Å². The number of rotatable bonds is 2. The zero-order valence-electron chi connectivity index (χ0n) is 20.0. The van der Waals surface area contributed by atoms with Gasteiger partial charge in [0, 0.05) is 5.92 Å². The largest absolute Gasteiger partial charge is 0.0807 e. The Morgan fingerprint density at radius 1 is 0.714 bits per heavy atom. The Hall–Kier alpha value is -3.90. The van der Waals surface area contributed by atoms with Crippen LogP contribution in [0, 0.1) is 5.92 Å². The molecule has 2 aliphatic rings. The second-order valence-corrected chi connectivity index (χ2v) is 10.2. The number of fused-ring (bicyclic) bond motifs is 4. The monoisotopic (exact) mass is 448 g/mol.